The molecule has 5 nitrogen and oxygen atoms in total. The van der Waals surface area contributed by atoms with Crippen molar-refractivity contribution in [1.29, 1.82) is 0 Å². The quantitative estimate of drug-likeness (QED) is 0.639. The molecule has 0 aromatic heterocycles. The van der Waals surface area contributed by atoms with Gasteiger partial charge < -0.3 is 15.4 Å². The van der Waals surface area contributed by atoms with Crippen molar-refractivity contribution < 1.29 is 14.3 Å². The van der Waals surface area contributed by atoms with Gasteiger partial charge in [0.15, 0.2) is 0 Å². The van der Waals surface area contributed by atoms with E-state index >= 15 is 0 Å². The summed E-state index contributed by atoms with van der Waals surface area (Å²) in [6.07, 6.45) is 2.18. The molecule has 0 heterocycles. The first-order chi connectivity index (χ1) is 8.40. The van der Waals surface area contributed by atoms with E-state index in [2.05, 4.69) is 36.1 Å². The van der Waals surface area contributed by atoms with Crippen LogP contribution in [0, 0.1) is 5.92 Å². The Balaban J connectivity index is 4.17. The molecule has 1 amide bonds. The second kappa shape index (κ2) is 8.91. The largest absolute Gasteiger partial charge is 0.467 e. The van der Waals surface area contributed by atoms with Gasteiger partial charge in [0.1, 0.15) is 6.04 Å². The molecule has 3 atom stereocenters. The summed E-state index contributed by atoms with van der Waals surface area (Å²) < 4.78 is 4.65. The predicted molar refractivity (Wildman–Crippen MR) is 71.2 cm³/mol. The van der Waals surface area contributed by atoms with Crippen molar-refractivity contribution in [2.24, 2.45) is 5.92 Å². The zero-order valence-corrected chi connectivity index (χ0v) is 12.1. The first kappa shape index (κ1) is 16.9. The summed E-state index contributed by atoms with van der Waals surface area (Å²) in [7, 11) is 1.32. The second-order valence-corrected chi connectivity index (χ2v) is 4.83. The smallest absolute Gasteiger partial charge is 0.329 e. The first-order valence-electron chi connectivity index (χ1n) is 6.49. The van der Waals surface area contributed by atoms with Crippen LogP contribution in [0.3, 0.4) is 0 Å². The molecule has 0 aromatic rings. The van der Waals surface area contributed by atoms with Gasteiger partial charge in [0.2, 0.25) is 5.91 Å². The van der Waals surface area contributed by atoms with E-state index in [1.54, 1.807) is 0 Å². The highest BCUT2D eigenvalue weighted by Crippen LogP contribution is 2.09. The van der Waals surface area contributed by atoms with Gasteiger partial charge in [-0.2, -0.15) is 0 Å². The Bertz CT molecular complexity index is 269. The highest BCUT2D eigenvalue weighted by atomic mass is 16.5. The van der Waals surface area contributed by atoms with Crippen LogP contribution < -0.4 is 10.6 Å². The molecule has 0 bridgehead atoms. The molecule has 0 rings (SSSR count). The molecule has 0 fully saturated rings. The third-order valence-corrected chi connectivity index (χ3v) is 2.99. The fraction of sp³-hybridized carbons (Fsp3) is 0.846. The van der Waals surface area contributed by atoms with Crippen LogP contribution in [0.5, 0.6) is 0 Å². The minimum atomic E-state index is -0.619. The van der Waals surface area contributed by atoms with Crippen molar-refractivity contribution >= 4 is 11.9 Å². The average Bonchev–Trinajstić information content (AvgIpc) is 2.32. The van der Waals surface area contributed by atoms with Crippen molar-refractivity contribution in [3.63, 3.8) is 0 Å². The third-order valence-electron chi connectivity index (χ3n) is 2.99. The van der Waals surface area contributed by atoms with E-state index < -0.39 is 12.0 Å². The van der Waals surface area contributed by atoms with Crippen molar-refractivity contribution in [1.82, 2.24) is 10.6 Å². The maximum absolute atomic E-state index is 11.5. The Hall–Kier alpha value is -1.10. The standard InChI is InChI=1S/C13H26N2O3/c1-6-9(2)7-10(3)14-8-12(13(17)18-5)15-11(4)16/h9-10,12,14H,6-8H2,1-5H3,(H,15,16). The summed E-state index contributed by atoms with van der Waals surface area (Å²) >= 11 is 0. The Morgan fingerprint density at radius 3 is 2.33 bits per heavy atom. The Labute approximate surface area is 110 Å². The van der Waals surface area contributed by atoms with E-state index in [1.807, 2.05) is 0 Å². The van der Waals surface area contributed by atoms with E-state index in [9.17, 15) is 9.59 Å². The fourth-order valence-corrected chi connectivity index (χ4v) is 1.75. The predicted octanol–water partition coefficient (Wildman–Crippen LogP) is 1.08. The van der Waals surface area contributed by atoms with Crippen LogP contribution in [0.4, 0.5) is 0 Å². The molecule has 3 unspecified atom stereocenters. The van der Waals surface area contributed by atoms with Gasteiger partial charge in [0, 0.05) is 19.5 Å². The molecule has 0 saturated carbocycles. The minimum absolute atomic E-state index is 0.234. The van der Waals surface area contributed by atoms with Gasteiger partial charge in [-0.25, -0.2) is 4.79 Å². The SMILES string of the molecule is CCC(C)CC(C)NCC(NC(C)=O)C(=O)OC. The second-order valence-electron chi connectivity index (χ2n) is 4.83. The molecule has 18 heavy (non-hydrogen) atoms. The number of amides is 1. The molecule has 0 radical (unpaired) electrons. The number of hydrogen-bond donors (Lipinski definition) is 2. The average molecular weight is 258 g/mol. The molecule has 0 aliphatic rings. The van der Waals surface area contributed by atoms with Crippen LogP contribution in [0.2, 0.25) is 0 Å². The van der Waals surface area contributed by atoms with Crippen LogP contribution in [0.15, 0.2) is 0 Å². The molecule has 0 aliphatic carbocycles. The lowest BCUT2D eigenvalue weighted by atomic mass is 10.0. The number of ether oxygens (including phenoxy) is 1. The number of esters is 1. The van der Waals surface area contributed by atoms with Gasteiger partial charge in [0.05, 0.1) is 7.11 Å². The number of carbonyl (C=O) groups is 2. The van der Waals surface area contributed by atoms with Crippen LogP contribution in [0.25, 0.3) is 0 Å². The Kier molecular flexibility index (Phi) is 8.37. The van der Waals surface area contributed by atoms with Crippen LogP contribution in [0.1, 0.15) is 40.5 Å². The number of methoxy groups -OCH3 is 1. The Morgan fingerprint density at radius 2 is 1.89 bits per heavy atom. The van der Waals surface area contributed by atoms with E-state index in [4.69, 9.17) is 0 Å². The molecular weight excluding hydrogens is 232 g/mol. The number of hydrogen-bond acceptors (Lipinski definition) is 4. The lowest BCUT2D eigenvalue weighted by molar-refractivity contribution is -0.144. The van der Waals surface area contributed by atoms with E-state index in [0.717, 1.165) is 12.8 Å². The van der Waals surface area contributed by atoms with E-state index in [-0.39, 0.29) is 5.91 Å². The van der Waals surface area contributed by atoms with Gasteiger partial charge in [-0.05, 0) is 19.3 Å². The number of nitrogens with one attached hydrogen (secondary N) is 2. The lowest BCUT2D eigenvalue weighted by Gasteiger charge is -2.21. The van der Waals surface area contributed by atoms with Crippen LogP contribution >= 0.6 is 0 Å². The van der Waals surface area contributed by atoms with Crippen LogP contribution in [-0.4, -0.2) is 37.6 Å². The monoisotopic (exact) mass is 258 g/mol. The van der Waals surface area contributed by atoms with E-state index in [0.29, 0.717) is 18.5 Å². The summed E-state index contributed by atoms with van der Waals surface area (Å²) in [5.74, 6) is -0.0138. The summed E-state index contributed by atoms with van der Waals surface area (Å²) in [6, 6.07) is -0.312. The van der Waals surface area contributed by atoms with Gasteiger partial charge in [-0.15, -0.1) is 0 Å². The lowest BCUT2D eigenvalue weighted by Crippen LogP contribution is -2.48. The summed E-state index contributed by atoms with van der Waals surface area (Å²) in [5.41, 5.74) is 0. The Morgan fingerprint density at radius 1 is 1.28 bits per heavy atom. The molecule has 106 valence electrons. The molecular formula is C13H26N2O3. The zero-order valence-electron chi connectivity index (χ0n) is 12.1. The molecule has 0 saturated heterocycles. The van der Waals surface area contributed by atoms with E-state index in [1.165, 1.54) is 14.0 Å². The molecule has 0 aliphatic heterocycles. The topological polar surface area (TPSA) is 67.4 Å². The fourth-order valence-electron chi connectivity index (χ4n) is 1.75. The van der Waals surface area contributed by atoms with Gasteiger partial charge in [0.25, 0.3) is 0 Å². The number of rotatable bonds is 8. The third kappa shape index (κ3) is 7.27. The van der Waals surface area contributed by atoms with Crippen molar-refractivity contribution in [2.45, 2.75) is 52.6 Å². The molecule has 0 spiro atoms. The molecule has 0 aromatic carbocycles. The summed E-state index contributed by atoms with van der Waals surface area (Å²) in [6.45, 7) is 8.21. The minimum Gasteiger partial charge on any atom is -0.467 e. The summed E-state index contributed by atoms with van der Waals surface area (Å²) in [4.78, 5) is 22.5. The highest BCUT2D eigenvalue weighted by Gasteiger charge is 2.20. The van der Waals surface area contributed by atoms with Gasteiger partial charge >= 0.3 is 5.97 Å². The maximum atomic E-state index is 11.5. The van der Waals surface area contributed by atoms with Crippen molar-refractivity contribution in [2.75, 3.05) is 13.7 Å². The van der Waals surface area contributed by atoms with Crippen molar-refractivity contribution in [3.05, 3.63) is 0 Å². The van der Waals surface area contributed by atoms with Gasteiger partial charge in [-0.1, -0.05) is 20.3 Å². The normalized spacial score (nSPS) is 15.6. The molecule has 2 N–H and O–H groups in total. The van der Waals surface area contributed by atoms with Crippen molar-refractivity contribution in [3.8, 4) is 0 Å². The highest BCUT2D eigenvalue weighted by molar-refractivity contribution is 5.83. The first-order valence-corrected chi connectivity index (χ1v) is 6.49. The number of carbonyl (C=O) groups excluding carboxylic acids is 2. The summed E-state index contributed by atoms with van der Waals surface area (Å²) in [5, 5.41) is 5.83. The van der Waals surface area contributed by atoms with Crippen LogP contribution in [-0.2, 0) is 14.3 Å². The zero-order chi connectivity index (χ0) is 14.1. The molecule has 5 heteroatoms. The maximum Gasteiger partial charge on any atom is 0.329 e. The van der Waals surface area contributed by atoms with Gasteiger partial charge in [-0.3, -0.25) is 4.79 Å².